The Morgan fingerprint density at radius 3 is 2.48 bits per heavy atom. The molecule has 3 rings (SSSR count). The smallest absolute Gasteiger partial charge is 0.171 e. The van der Waals surface area contributed by atoms with Crippen molar-refractivity contribution in [2.75, 3.05) is 5.32 Å². The third-order valence-electron chi connectivity index (χ3n) is 4.64. The maximum Gasteiger partial charge on any atom is 0.171 e. The van der Waals surface area contributed by atoms with Gasteiger partial charge in [0.15, 0.2) is 5.11 Å². The quantitative estimate of drug-likeness (QED) is 0.660. The van der Waals surface area contributed by atoms with Crippen molar-refractivity contribution in [1.29, 1.82) is 0 Å². The molecule has 0 spiro atoms. The average molecular weight is 387 g/mol. The van der Waals surface area contributed by atoms with E-state index in [1.807, 2.05) is 43.4 Å². The van der Waals surface area contributed by atoms with Crippen LogP contribution in [-0.4, -0.2) is 24.7 Å². The van der Waals surface area contributed by atoms with Crippen molar-refractivity contribution in [1.82, 2.24) is 24.9 Å². The number of anilines is 1. The average Bonchev–Trinajstić information content (AvgIpc) is 3.09. The normalized spacial score (nSPS) is 10.9. The molecule has 27 heavy (non-hydrogen) atoms. The minimum Gasteiger partial charge on any atom is -0.358 e. The lowest BCUT2D eigenvalue weighted by Crippen LogP contribution is -2.28. The third-order valence-corrected chi connectivity index (χ3v) is 4.89. The molecule has 0 radical (unpaired) electrons. The second-order valence-corrected chi connectivity index (χ2v) is 6.92. The standard InChI is InChI=1S/C19H23FN6S/c1-12-18(23-19(27)21-9-16-10-22-25(4)13(16)2)14(3)26(24-12)11-15-5-7-17(20)8-6-15/h5-8,10H,9,11H2,1-4H3,(H2,21,23,27). The molecule has 142 valence electrons. The number of aryl methyl sites for hydroxylation is 2. The van der Waals surface area contributed by atoms with Gasteiger partial charge in [-0.25, -0.2) is 4.39 Å². The van der Waals surface area contributed by atoms with Gasteiger partial charge in [0.25, 0.3) is 0 Å². The highest BCUT2D eigenvalue weighted by atomic mass is 32.1. The number of nitrogens with zero attached hydrogens (tertiary/aromatic N) is 4. The van der Waals surface area contributed by atoms with Gasteiger partial charge in [0.2, 0.25) is 0 Å². The Morgan fingerprint density at radius 2 is 1.85 bits per heavy atom. The van der Waals surface area contributed by atoms with Crippen molar-refractivity contribution in [3.05, 3.63) is 64.5 Å². The summed E-state index contributed by atoms with van der Waals surface area (Å²) in [7, 11) is 1.91. The van der Waals surface area contributed by atoms with Gasteiger partial charge in [-0.15, -0.1) is 0 Å². The van der Waals surface area contributed by atoms with Crippen LogP contribution in [0.1, 0.15) is 28.2 Å². The maximum atomic E-state index is 13.1. The first kappa shape index (κ1) is 19.0. The molecule has 3 aromatic rings. The van der Waals surface area contributed by atoms with Gasteiger partial charge in [0.1, 0.15) is 5.82 Å². The first-order chi connectivity index (χ1) is 12.8. The Bertz CT molecular complexity index is 957. The molecule has 0 saturated carbocycles. The number of benzene rings is 1. The highest BCUT2D eigenvalue weighted by Gasteiger charge is 2.13. The number of halogens is 1. The summed E-state index contributed by atoms with van der Waals surface area (Å²) in [6.07, 6.45) is 1.84. The number of thiocarbonyl (C=S) groups is 1. The van der Waals surface area contributed by atoms with E-state index in [0.717, 1.165) is 33.9 Å². The molecule has 6 nitrogen and oxygen atoms in total. The molecule has 2 N–H and O–H groups in total. The van der Waals surface area contributed by atoms with Gasteiger partial charge in [-0.1, -0.05) is 12.1 Å². The molecule has 0 aliphatic rings. The Kier molecular flexibility index (Phi) is 5.55. The zero-order valence-electron chi connectivity index (χ0n) is 15.9. The molecular formula is C19H23FN6S. The van der Waals surface area contributed by atoms with Crippen LogP contribution in [-0.2, 0) is 20.1 Å². The van der Waals surface area contributed by atoms with Crippen molar-refractivity contribution in [2.24, 2.45) is 7.05 Å². The Morgan fingerprint density at radius 1 is 1.15 bits per heavy atom. The van der Waals surface area contributed by atoms with Crippen molar-refractivity contribution in [3.8, 4) is 0 Å². The fourth-order valence-corrected chi connectivity index (χ4v) is 3.02. The summed E-state index contributed by atoms with van der Waals surface area (Å²) < 4.78 is 16.8. The number of aromatic nitrogens is 4. The van der Waals surface area contributed by atoms with Crippen LogP contribution < -0.4 is 10.6 Å². The zero-order valence-corrected chi connectivity index (χ0v) is 16.7. The van der Waals surface area contributed by atoms with Crippen LogP contribution in [0.25, 0.3) is 0 Å². The molecule has 0 aliphatic heterocycles. The van der Waals surface area contributed by atoms with Gasteiger partial charge in [-0.3, -0.25) is 9.36 Å². The van der Waals surface area contributed by atoms with Gasteiger partial charge in [-0.2, -0.15) is 10.2 Å². The first-order valence-electron chi connectivity index (χ1n) is 8.66. The van der Waals surface area contributed by atoms with E-state index in [4.69, 9.17) is 12.2 Å². The van der Waals surface area contributed by atoms with Crippen LogP contribution in [0.2, 0.25) is 0 Å². The minimum atomic E-state index is -0.241. The van der Waals surface area contributed by atoms with Gasteiger partial charge in [-0.05, 0) is 50.7 Å². The predicted molar refractivity (Wildman–Crippen MR) is 108 cm³/mol. The third kappa shape index (κ3) is 4.33. The second-order valence-electron chi connectivity index (χ2n) is 6.52. The molecule has 2 aromatic heterocycles. The van der Waals surface area contributed by atoms with Gasteiger partial charge >= 0.3 is 0 Å². The highest BCUT2D eigenvalue weighted by Crippen LogP contribution is 2.20. The fraction of sp³-hybridized carbons (Fsp3) is 0.316. The first-order valence-corrected chi connectivity index (χ1v) is 9.06. The number of hydrogen-bond acceptors (Lipinski definition) is 3. The zero-order chi connectivity index (χ0) is 19.6. The van der Waals surface area contributed by atoms with Gasteiger partial charge in [0, 0.05) is 24.8 Å². The molecule has 0 fully saturated rings. The van der Waals surface area contributed by atoms with Crippen molar-refractivity contribution < 1.29 is 4.39 Å². The lowest BCUT2D eigenvalue weighted by atomic mass is 10.2. The van der Waals surface area contributed by atoms with Crippen molar-refractivity contribution in [3.63, 3.8) is 0 Å². The number of nitrogens with one attached hydrogen (secondary N) is 2. The molecule has 2 heterocycles. The summed E-state index contributed by atoms with van der Waals surface area (Å²) in [5, 5.41) is 15.8. The molecule has 0 atom stereocenters. The highest BCUT2D eigenvalue weighted by molar-refractivity contribution is 7.80. The molecular weight excluding hydrogens is 363 g/mol. The van der Waals surface area contributed by atoms with Crippen LogP contribution >= 0.6 is 12.2 Å². The predicted octanol–water partition coefficient (Wildman–Crippen LogP) is 3.22. The molecule has 0 saturated heterocycles. The lowest BCUT2D eigenvalue weighted by Gasteiger charge is -2.11. The molecule has 8 heteroatoms. The van der Waals surface area contributed by atoms with Crippen LogP contribution in [0, 0.1) is 26.6 Å². The monoisotopic (exact) mass is 386 g/mol. The van der Waals surface area contributed by atoms with E-state index < -0.39 is 0 Å². The maximum absolute atomic E-state index is 13.1. The Labute approximate surface area is 163 Å². The second kappa shape index (κ2) is 7.87. The van der Waals surface area contributed by atoms with Crippen LogP contribution in [0.15, 0.2) is 30.5 Å². The number of hydrogen-bond donors (Lipinski definition) is 2. The Hall–Kier alpha value is -2.74. The summed E-state index contributed by atoms with van der Waals surface area (Å²) in [6, 6.07) is 6.45. The summed E-state index contributed by atoms with van der Waals surface area (Å²) in [5.41, 5.74) is 5.90. The van der Waals surface area contributed by atoms with Crippen LogP contribution in [0.3, 0.4) is 0 Å². The molecule has 0 aliphatic carbocycles. The molecule has 0 amide bonds. The van der Waals surface area contributed by atoms with E-state index >= 15 is 0 Å². The van der Waals surface area contributed by atoms with E-state index in [-0.39, 0.29) is 5.82 Å². The summed E-state index contributed by atoms with van der Waals surface area (Å²) in [6.45, 7) is 7.12. The van der Waals surface area contributed by atoms with E-state index in [1.165, 1.54) is 12.1 Å². The number of rotatable bonds is 5. The SMILES string of the molecule is Cc1nn(Cc2ccc(F)cc2)c(C)c1NC(=S)NCc1cnn(C)c1C. The Balaban J connectivity index is 1.66. The van der Waals surface area contributed by atoms with Crippen molar-refractivity contribution in [2.45, 2.75) is 33.9 Å². The van der Waals surface area contributed by atoms with Crippen molar-refractivity contribution >= 4 is 23.0 Å². The topological polar surface area (TPSA) is 59.7 Å². The van der Waals surface area contributed by atoms with Gasteiger partial charge in [0.05, 0.1) is 29.8 Å². The minimum absolute atomic E-state index is 0.241. The van der Waals surface area contributed by atoms with E-state index in [2.05, 4.69) is 20.8 Å². The summed E-state index contributed by atoms with van der Waals surface area (Å²) >= 11 is 5.43. The lowest BCUT2D eigenvalue weighted by molar-refractivity contribution is 0.622. The molecule has 1 aromatic carbocycles. The van der Waals surface area contributed by atoms with Crippen LogP contribution in [0.5, 0.6) is 0 Å². The van der Waals surface area contributed by atoms with E-state index in [1.54, 1.807) is 12.1 Å². The van der Waals surface area contributed by atoms with E-state index in [0.29, 0.717) is 18.2 Å². The molecule has 0 bridgehead atoms. The summed E-state index contributed by atoms with van der Waals surface area (Å²) in [4.78, 5) is 0. The van der Waals surface area contributed by atoms with Crippen LogP contribution in [0.4, 0.5) is 10.1 Å². The summed E-state index contributed by atoms with van der Waals surface area (Å²) in [5.74, 6) is -0.241. The largest absolute Gasteiger partial charge is 0.358 e. The fourth-order valence-electron chi connectivity index (χ4n) is 2.85. The van der Waals surface area contributed by atoms with E-state index in [9.17, 15) is 4.39 Å². The van der Waals surface area contributed by atoms with Gasteiger partial charge < -0.3 is 10.6 Å². The molecule has 0 unspecified atom stereocenters.